The summed E-state index contributed by atoms with van der Waals surface area (Å²) in [5.41, 5.74) is 3.02. The molecule has 0 unspecified atom stereocenters. The van der Waals surface area contributed by atoms with Gasteiger partial charge in [0.1, 0.15) is 0 Å². The van der Waals surface area contributed by atoms with Gasteiger partial charge in [-0.05, 0) is 50.1 Å². The number of amides is 1. The van der Waals surface area contributed by atoms with Crippen LogP contribution < -0.4 is 10.6 Å². The molecule has 0 radical (unpaired) electrons. The van der Waals surface area contributed by atoms with Crippen LogP contribution in [0.25, 0.3) is 0 Å². The Morgan fingerprint density at radius 2 is 2.32 bits per heavy atom. The fraction of sp³-hybridized carbons (Fsp3) is 0.400. The minimum Gasteiger partial charge on any atom is -0.352 e. The van der Waals surface area contributed by atoms with Gasteiger partial charge in [0, 0.05) is 23.7 Å². The highest BCUT2D eigenvalue weighted by molar-refractivity contribution is 6.31. The summed E-state index contributed by atoms with van der Waals surface area (Å²) in [5.74, 6) is -0.0331. The van der Waals surface area contributed by atoms with Gasteiger partial charge in [0.05, 0.1) is 0 Å². The van der Waals surface area contributed by atoms with Gasteiger partial charge in [-0.15, -0.1) is 0 Å². The van der Waals surface area contributed by atoms with E-state index in [1.54, 1.807) is 12.1 Å². The molecule has 1 heterocycles. The zero-order valence-corrected chi connectivity index (χ0v) is 11.9. The number of hydrogen-bond acceptors (Lipinski definition) is 2. The van der Waals surface area contributed by atoms with Gasteiger partial charge in [-0.25, -0.2) is 0 Å². The van der Waals surface area contributed by atoms with E-state index in [0.717, 1.165) is 31.5 Å². The molecule has 0 bridgehead atoms. The highest BCUT2D eigenvalue weighted by Gasteiger charge is 2.08. The Hall–Kier alpha value is -1.32. The molecule has 1 aliphatic heterocycles. The third-order valence-corrected chi connectivity index (χ3v) is 3.73. The van der Waals surface area contributed by atoms with Gasteiger partial charge in [-0.1, -0.05) is 23.3 Å². The second-order valence-electron chi connectivity index (χ2n) is 4.79. The average molecular weight is 279 g/mol. The molecular weight excluding hydrogens is 260 g/mol. The van der Waals surface area contributed by atoms with Gasteiger partial charge in [-0.2, -0.15) is 0 Å². The van der Waals surface area contributed by atoms with Crippen molar-refractivity contribution in [2.24, 2.45) is 0 Å². The van der Waals surface area contributed by atoms with Crippen LogP contribution >= 0.6 is 11.6 Å². The molecule has 19 heavy (non-hydrogen) atoms. The number of aryl methyl sites for hydroxylation is 1. The summed E-state index contributed by atoms with van der Waals surface area (Å²) < 4.78 is 0. The van der Waals surface area contributed by atoms with Gasteiger partial charge in [-0.3, -0.25) is 4.79 Å². The molecule has 2 N–H and O–H groups in total. The summed E-state index contributed by atoms with van der Waals surface area (Å²) in [4.78, 5) is 12.0. The third-order valence-electron chi connectivity index (χ3n) is 3.31. The summed E-state index contributed by atoms with van der Waals surface area (Å²) in [5, 5.41) is 6.92. The maximum Gasteiger partial charge on any atom is 0.251 e. The maximum absolute atomic E-state index is 12.0. The molecule has 0 fully saturated rings. The van der Waals surface area contributed by atoms with Crippen LogP contribution in [0, 0.1) is 6.92 Å². The number of hydrogen-bond donors (Lipinski definition) is 2. The summed E-state index contributed by atoms with van der Waals surface area (Å²) in [7, 11) is 0. The predicted octanol–water partition coefficient (Wildman–Crippen LogP) is 2.69. The van der Waals surface area contributed by atoms with Crippen molar-refractivity contribution in [3.63, 3.8) is 0 Å². The van der Waals surface area contributed by atoms with Crippen LogP contribution in [0.2, 0.25) is 5.02 Å². The highest BCUT2D eigenvalue weighted by atomic mass is 35.5. The van der Waals surface area contributed by atoms with Crippen molar-refractivity contribution in [1.82, 2.24) is 10.6 Å². The number of carbonyl (C=O) groups excluding carboxylic acids is 1. The summed E-state index contributed by atoms with van der Waals surface area (Å²) in [6.45, 7) is 4.57. The van der Waals surface area contributed by atoms with E-state index < -0.39 is 0 Å². The van der Waals surface area contributed by atoms with E-state index in [1.807, 2.05) is 13.0 Å². The Morgan fingerprint density at radius 1 is 1.47 bits per heavy atom. The second kappa shape index (κ2) is 6.73. The molecule has 2 rings (SSSR count). The molecule has 0 aliphatic carbocycles. The Balaban J connectivity index is 1.83. The van der Waals surface area contributed by atoms with Crippen LogP contribution in [0.5, 0.6) is 0 Å². The summed E-state index contributed by atoms with van der Waals surface area (Å²) >= 11 is 5.95. The van der Waals surface area contributed by atoms with Crippen LogP contribution in [-0.2, 0) is 0 Å². The molecule has 0 atom stereocenters. The highest BCUT2D eigenvalue weighted by Crippen LogP contribution is 2.16. The average Bonchev–Trinajstić information content (AvgIpc) is 2.43. The first kappa shape index (κ1) is 14.1. The van der Waals surface area contributed by atoms with E-state index >= 15 is 0 Å². The zero-order chi connectivity index (χ0) is 13.7. The Kier molecular flexibility index (Phi) is 5.00. The predicted molar refractivity (Wildman–Crippen MR) is 78.7 cm³/mol. The molecule has 0 aromatic heterocycles. The molecular formula is C15H19ClN2O. The van der Waals surface area contributed by atoms with Gasteiger partial charge in [0.25, 0.3) is 5.91 Å². The van der Waals surface area contributed by atoms with Crippen molar-refractivity contribution in [2.45, 2.75) is 19.8 Å². The molecule has 1 aliphatic rings. The van der Waals surface area contributed by atoms with Crippen molar-refractivity contribution >= 4 is 17.5 Å². The summed E-state index contributed by atoms with van der Waals surface area (Å²) in [6, 6.07) is 5.34. The van der Waals surface area contributed by atoms with Crippen molar-refractivity contribution in [3.8, 4) is 0 Å². The lowest BCUT2D eigenvalue weighted by Crippen LogP contribution is -2.26. The first-order valence-electron chi connectivity index (χ1n) is 6.60. The molecule has 102 valence electrons. The van der Waals surface area contributed by atoms with Gasteiger partial charge < -0.3 is 10.6 Å². The SMILES string of the molecule is Cc1cc(C(=O)NCCC2=CCNCC2)ccc1Cl. The van der Waals surface area contributed by atoms with E-state index in [0.29, 0.717) is 17.1 Å². The molecule has 4 heteroatoms. The van der Waals surface area contributed by atoms with Gasteiger partial charge in [0.15, 0.2) is 0 Å². The standard InChI is InChI=1S/C15H19ClN2O/c1-11-10-13(2-3-14(11)16)15(19)18-9-6-12-4-7-17-8-5-12/h2-4,10,17H,5-9H2,1H3,(H,18,19). The number of halogens is 1. The molecule has 0 spiro atoms. The smallest absolute Gasteiger partial charge is 0.251 e. The molecule has 0 saturated carbocycles. The van der Waals surface area contributed by atoms with Crippen LogP contribution in [-0.4, -0.2) is 25.5 Å². The van der Waals surface area contributed by atoms with Crippen molar-refractivity contribution < 1.29 is 4.79 Å². The first-order valence-corrected chi connectivity index (χ1v) is 6.97. The fourth-order valence-electron chi connectivity index (χ4n) is 2.12. The van der Waals surface area contributed by atoms with Crippen molar-refractivity contribution in [2.75, 3.05) is 19.6 Å². The van der Waals surface area contributed by atoms with E-state index in [4.69, 9.17) is 11.6 Å². The van der Waals surface area contributed by atoms with Crippen molar-refractivity contribution in [1.29, 1.82) is 0 Å². The third kappa shape index (κ3) is 4.08. The number of nitrogens with one attached hydrogen (secondary N) is 2. The molecule has 1 aromatic carbocycles. The number of carbonyl (C=O) groups is 1. The normalized spacial score (nSPS) is 14.9. The van der Waals surface area contributed by atoms with E-state index in [1.165, 1.54) is 5.57 Å². The minimum atomic E-state index is -0.0331. The van der Waals surface area contributed by atoms with Crippen molar-refractivity contribution in [3.05, 3.63) is 46.0 Å². The van der Waals surface area contributed by atoms with Gasteiger partial charge in [0.2, 0.25) is 0 Å². The van der Waals surface area contributed by atoms with E-state index in [-0.39, 0.29) is 5.91 Å². The molecule has 1 aromatic rings. The second-order valence-corrected chi connectivity index (χ2v) is 5.19. The first-order chi connectivity index (χ1) is 9.16. The zero-order valence-electron chi connectivity index (χ0n) is 11.1. The summed E-state index contributed by atoms with van der Waals surface area (Å²) in [6.07, 6.45) is 4.22. The molecule has 3 nitrogen and oxygen atoms in total. The topological polar surface area (TPSA) is 41.1 Å². The Labute approximate surface area is 119 Å². The lowest BCUT2D eigenvalue weighted by atomic mass is 10.1. The lowest BCUT2D eigenvalue weighted by Gasteiger charge is -2.14. The Bertz CT molecular complexity index is 497. The van der Waals surface area contributed by atoms with E-state index in [2.05, 4.69) is 16.7 Å². The largest absolute Gasteiger partial charge is 0.352 e. The quantitative estimate of drug-likeness (QED) is 0.832. The molecule has 0 saturated heterocycles. The lowest BCUT2D eigenvalue weighted by molar-refractivity contribution is 0.0954. The number of benzene rings is 1. The van der Waals surface area contributed by atoms with Crippen LogP contribution in [0.15, 0.2) is 29.8 Å². The van der Waals surface area contributed by atoms with E-state index in [9.17, 15) is 4.79 Å². The van der Waals surface area contributed by atoms with Crippen LogP contribution in [0.4, 0.5) is 0 Å². The fourth-order valence-corrected chi connectivity index (χ4v) is 2.24. The monoisotopic (exact) mass is 278 g/mol. The molecule has 1 amide bonds. The maximum atomic E-state index is 12.0. The van der Waals surface area contributed by atoms with Crippen LogP contribution in [0.1, 0.15) is 28.8 Å². The number of rotatable bonds is 4. The van der Waals surface area contributed by atoms with Gasteiger partial charge >= 0.3 is 0 Å². The minimum absolute atomic E-state index is 0.0331. The van der Waals surface area contributed by atoms with Crippen LogP contribution in [0.3, 0.4) is 0 Å². The Morgan fingerprint density at radius 3 is 3.00 bits per heavy atom.